The fraction of sp³-hybridized carbons (Fsp3) is 0.626. The molecule has 19 heteroatoms. The Labute approximate surface area is 666 Å². The number of rotatable bonds is 77. The average molecular weight is 1580 g/mol. The van der Waals surface area contributed by atoms with Crippen LogP contribution in [0, 0.1) is 0 Å². The van der Waals surface area contributed by atoms with Gasteiger partial charge in [0.15, 0.2) is 12.2 Å². The first kappa shape index (κ1) is 104. The number of phosphoric ester groups is 2. The Bertz CT molecular complexity index is 2800. The second-order valence-electron chi connectivity index (χ2n) is 27.3. The molecule has 0 aromatic heterocycles. The predicted octanol–water partition coefficient (Wildman–Crippen LogP) is 25.1. The van der Waals surface area contributed by atoms with Gasteiger partial charge >= 0.3 is 39.5 Å². The van der Waals surface area contributed by atoms with E-state index in [2.05, 4.69) is 180 Å². The van der Waals surface area contributed by atoms with Gasteiger partial charge in [0.25, 0.3) is 0 Å². The zero-order chi connectivity index (χ0) is 80.3. The molecule has 0 amide bonds. The van der Waals surface area contributed by atoms with E-state index < -0.39 is 97.5 Å². The number of allylic oxidation sites excluding steroid dienone is 30. The van der Waals surface area contributed by atoms with Crippen LogP contribution in [0.5, 0.6) is 0 Å². The molecule has 0 aliphatic rings. The third kappa shape index (κ3) is 80.2. The molecule has 0 aromatic rings. The van der Waals surface area contributed by atoms with Gasteiger partial charge in [-0.15, -0.1) is 0 Å². The van der Waals surface area contributed by atoms with Gasteiger partial charge in [0.05, 0.1) is 26.4 Å². The molecule has 0 aromatic carbocycles. The average Bonchev–Trinajstić information content (AvgIpc) is 0.905. The van der Waals surface area contributed by atoms with Gasteiger partial charge in [-0.25, -0.2) is 9.13 Å². The summed E-state index contributed by atoms with van der Waals surface area (Å²) in [6, 6.07) is 0. The van der Waals surface area contributed by atoms with Gasteiger partial charge in [0.2, 0.25) is 0 Å². The van der Waals surface area contributed by atoms with Crippen LogP contribution in [0.25, 0.3) is 0 Å². The van der Waals surface area contributed by atoms with E-state index in [4.69, 9.17) is 37.0 Å². The number of ether oxygens (including phenoxy) is 4. The summed E-state index contributed by atoms with van der Waals surface area (Å²) in [5.74, 6) is -2.40. The van der Waals surface area contributed by atoms with Gasteiger partial charge in [-0.1, -0.05) is 293 Å². The maximum atomic E-state index is 13.1. The second-order valence-corrected chi connectivity index (χ2v) is 30.2. The van der Waals surface area contributed by atoms with Crippen LogP contribution in [0.1, 0.15) is 310 Å². The van der Waals surface area contributed by atoms with Gasteiger partial charge < -0.3 is 33.8 Å². The molecule has 2 unspecified atom stereocenters. The molecule has 0 rings (SSSR count). The van der Waals surface area contributed by atoms with Crippen LogP contribution >= 0.6 is 15.6 Å². The van der Waals surface area contributed by atoms with Crippen LogP contribution in [0.2, 0.25) is 0 Å². The highest BCUT2D eigenvalue weighted by atomic mass is 31.2. The van der Waals surface area contributed by atoms with Crippen LogP contribution in [-0.2, 0) is 65.4 Å². The Morgan fingerprint density at radius 3 is 0.855 bits per heavy atom. The Morgan fingerprint density at radius 2 is 0.500 bits per heavy atom. The number of hydrogen-bond acceptors (Lipinski definition) is 15. The van der Waals surface area contributed by atoms with Crippen LogP contribution in [0.4, 0.5) is 0 Å². The molecule has 0 bridgehead atoms. The lowest BCUT2D eigenvalue weighted by Crippen LogP contribution is -2.30. The zero-order valence-electron chi connectivity index (χ0n) is 68.4. The van der Waals surface area contributed by atoms with E-state index in [1.807, 2.05) is 30.4 Å². The van der Waals surface area contributed by atoms with Crippen LogP contribution in [-0.4, -0.2) is 96.7 Å². The SMILES string of the molecule is CC/C=C\C/C=C\C/C=C\C/C=C\C/C=C\CCCCCC(=O)O[C@H](COC(=O)CCCCCCC/C=C\CCCCCCCC)COP(=O)(O)OC[C@H](O)COP(=O)(O)OC[C@@H](COC(=O)CCC/C=C\C/C=C\C/C=C\C/C=C\CCCCC)OC(=O)CC/C=C\C/C=C\C/C=C\C/C=C\C/C=C\CCCCC. The van der Waals surface area contributed by atoms with Crippen LogP contribution in [0.15, 0.2) is 182 Å². The molecule has 624 valence electrons. The van der Waals surface area contributed by atoms with Crippen LogP contribution in [0.3, 0.4) is 0 Å². The summed E-state index contributed by atoms with van der Waals surface area (Å²) in [6.45, 7) is 4.50. The van der Waals surface area contributed by atoms with Crippen molar-refractivity contribution in [2.75, 3.05) is 39.6 Å². The number of esters is 4. The van der Waals surface area contributed by atoms with E-state index in [0.29, 0.717) is 38.5 Å². The van der Waals surface area contributed by atoms with Gasteiger partial charge in [0, 0.05) is 25.7 Å². The van der Waals surface area contributed by atoms with Crippen molar-refractivity contribution in [3.8, 4) is 0 Å². The normalized spacial score (nSPS) is 14.7. The summed E-state index contributed by atoms with van der Waals surface area (Å²) in [6.07, 6.45) is 98.8. The van der Waals surface area contributed by atoms with Gasteiger partial charge in [-0.2, -0.15) is 0 Å². The van der Waals surface area contributed by atoms with E-state index in [0.717, 1.165) is 141 Å². The van der Waals surface area contributed by atoms with Gasteiger partial charge in [-0.3, -0.25) is 37.3 Å². The number of phosphoric acid groups is 2. The van der Waals surface area contributed by atoms with Crippen molar-refractivity contribution >= 4 is 39.5 Å². The molecule has 0 radical (unpaired) electrons. The van der Waals surface area contributed by atoms with Crippen molar-refractivity contribution in [1.29, 1.82) is 0 Å². The zero-order valence-corrected chi connectivity index (χ0v) is 70.1. The predicted molar refractivity (Wildman–Crippen MR) is 454 cm³/mol. The smallest absolute Gasteiger partial charge is 0.462 e. The number of hydrogen-bond donors (Lipinski definition) is 3. The molecule has 0 aliphatic carbocycles. The molecular weight excluding hydrogens is 1430 g/mol. The van der Waals surface area contributed by atoms with E-state index >= 15 is 0 Å². The number of aliphatic hydroxyl groups excluding tert-OH is 1. The molecule has 0 heterocycles. The first-order chi connectivity index (χ1) is 53.7. The molecule has 3 N–H and O–H groups in total. The molecule has 17 nitrogen and oxygen atoms in total. The fourth-order valence-electron chi connectivity index (χ4n) is 10.5. The number of carbonyl (C=O) groups excluding carboxylic acids is 4. The summed E-state index contributed by atoms with van der Waals surface area (Å²) in [7, 11) is -10.0. The summed E-state index contributed by atoms with van der Waals surface area (Å²) in [4.78, 5) is 73.1. The standard InChI is InChI=1S/C91H148O17P2/c1-5-9-13-17-21-25-29-33-37-40-42-45-49-53-57-61-65-69-73-77-90(95)107-86(81-101-88(93)75-71-67-63-59-55-51-47-36-32-28-24-20-16-12-8-4)83-105-109(97,98)103-79-85(92)80-104-110(99,100)106-84-87(82-102-89(94)76-72-68-64-60-56-52-48-44-39-35-31-27-23-19-15-11-7-3)108-91(96)78-74-70-66-62-58-54-50-46-43-41-38-34-30-26-22-18-14-10-6-2/h9,13,21-23,25-27,33-39,42-43,45-48,52-54,57-58,60,64,66,70,85-87,92H,5-8,10-12,14-20,24,28-32,40-41,44,49-51,55-56,59,61-63,65,67-69,71-84H2,1-4H3,(H,97,98)(H,99,100)/b13-9-,25-21-,26-22-,27-23-,37-33-,38-34-,39-35-,45-42-,46-43-,47-36-,52-48-,57-53-,58-54-,64-60-,70-66-/t85-,86+,87+/m0/s1. The largest absolute Gasteiger partial charge is 0.472 e. The third-order valence-corrected chi connectivity index (χ3v) is 18.7. The molecule has 0 saturated carbocycles. The van der Waals surface area contributed by atoms with Crippen molar-refractivity contribution in [3.05, 3.63) is 182 Å². The number of unbranched alkanes of at least 4 members (excludes halogenated alkanes) is 21. The minimum absolute atomic E-state index is 0.0446. The third-order valence-electron chi connectivity index (χ3n) is 16.8. The lowest BCUT2D eigenvalue weighted by Gasteiger charge is -2.21. The first-order valence-corrected chi connectivity index (χ1v) is 45.0. The molecular formula is C91H148O17P2. The van der Waals surface area contributed by atoms with Crippen molar-refractivity contribution in [2.45, 2.75) is 329 Å². The molecule has 0 fully saturated rings. The van der Waals surface area contributed by atoms with Crippen molar-refractivity contribution in [3.63, 3.8) is 0 Å². The topological polar surface area (TPSA) is 237 Å². The summed E-state index contributed by atoms with van der Waals surface area (Å²) < 4.78 is 68.6. The summed E-state index contributed by atoms with van der Waals surface area (Å²) in [5, 5.41) is 10.7. The van der Waals surface area contributed by atoms with Gasteiger partial charge in [-0.05, 0) is 173 Å². The highest BCUT2D eigenvalue weighted by molar-refractivity contribution is 7.47. The van der Waals surface area contributed by atoms with Crippen molar-refractivity contribution in [2.24, 2.45) is 0 Å². The maximum absolute atomic E-state index is 13.1. The van der Waals surface area contributed by atoms with E-state index in [9.17, 15) is 43.2 Å². The minimum Gasteiger partial charge on any atom is -0.462 e. The fourth-order valence-corrected chi connectivity index (χ4v) is 12.0. The van der Waals surface area contributed by atoms with Crippen LogP contribution < -0.4 is 0 Å². The van der Waals surface area contributed by atoms with E-state index in [-0.39, 0.29) is 25.7 Å². The van der Waals surface area contributed by atoms with Gasteiger partial charge in [0.1, 0.15) is 19.3 Å². The van der Waals surface area contributed by atoms with E-state index in [1.165, 1.54) is 77.0 Å². The summed E-state index contributed by atoms with van der Waals surface area (Å²) >= 11 is 0. The Kier molecular flexibility index (Phi) is 76.9. The van der Waals surface area contributed by atoms with E-state index in [1.54, 1.807) is 0 Å². The monoisotopic (exact) mass is 1580 g/mol. The lowest BCUT2D eigenvalue weighted by atomic mass is 10.1. The Hall–Kier alpha value is -5.84. The lowest BCUT2D eigenvalue weighted by molar-refractivity contribution is -0.161. The van der Waals surface area contributed by atoms with Crippen molar-refractivity contribution in [1.82, 2.24) is 0 Å². The Balaban J connectivity index is 5.56. The quantitative estimate of drug-likeness (QED) is 0.0169. The molecule has 5 atom stereocenters. The Morgan fingerprint density at radius 1 is 0.264 bits per heavy atom. The first-order valence-electron chi connectivity index (χ1n) is 42.0. The number of aliphatic hydroxyl groups is 1. The highest BCUT2D eigenvalue weighted by Crippen LogP contribution is 2.45. The second kappa shape index (κ2) is 81.2. The maximum Gasteiger partial charge on any atom is 0.472 e. The molecule has 110 heavy (non-hydrogen) atoms. The molecule has 0 saturated heterocycles. The minimum atomic E-state index is -5.02. The summed E-state index contributed by atoms with van der Waals surface area (Å²) in [5.41, 5.74) is 0. The van der Waals surface area contributed by atoms with Crippen molar-refractivity contribution < 1.29 is 80.2 Å². The number of carbonyl (C=O) groups is 4. The molecule has 0 aliphatic heterocycles. The highest BCUT2D eigenvalue weighted by Gasteiger charge is 2.30. The molecule has 0 spiro atoms.